The molecule has 0 bridgehead atoms. The fraction of sp³-hybridized carbons (Fsp3) is 0.423. The van der Waals surface area contributed by atoms with Crippen molar-refractivity contribution in [3.63, 3.8) is 0 Å². The third-order valence-corrected chi connectivity index (χ3v) is 6.81. The second kappa shape index (κ2) is 9.75. The molecule has 9 heteroatoms. The summed E-state index contributed by atoms with van der Waals surface area (Å²) in [6.45, 7) is 6.44. The van der Waals surface area contributed by atoms with Crippen molar-refractivity contribution < 1.29 is 14.3 Å². The SMILES string of the molecule is CCN1CCC(Nc2cncc(-c3cnn(-c4cc(C(=O)NC5CC5)c(F)cc4C)c3)c2)C(O)C1. The summed E-state index contributed by atoms with van der Waals surface area (Å²) in [5.74, 6) is -0.930. The van der Waals surface area contributed by atoms with E-state index in [1.54, 1.807) is 36.3 Å². The number of nitrogens with zero attached hydrogens (tertiary/aromatic N) is 4. The number of aliphatic hydroxyl groups excluding tert-OH is 1. The number of aryl methyl sites for hydroxylation is 1. The van der Waals surface area contributed by atoms with E-state index >= 15 is 0 Å². The van der Waals surface area contributed by atoms with Crippen LogP contribution < -0.4 is 10.6 Å². The van der Waals surface area contributed by atoms with Crippen molar-refractivity contribution in [2.45, 2.75) is 51.3 Å². The quantitative estimate of drug-likeness (QED) is 0.483. The molecule has 2 aliphatic rings. The predicted molar refractivity (Wildman–Crippen MR) is 132 cm³/mol. The van der Waals surface area contributed by atoms with E-state index in [0.29, 0.717) is 17.8 Å². The number of aliphatic hydroxyl groups is 1. The fourth-order valence-electron chi connectivity index (χ4n) is 4.52. The van der Waals surface area contributed by atoms with Crippen LogP contribution in [0, 0.1) is 12.7 Å². The Morgan fingerprint density at radius 3 is 2.74 bits per heavy atom. The van der Waals surface area contributed by atoms with E-state index in [1.165, 1.54) is 6.07 Å². The van der Waals surface area contributed by atoms with E-state index in [9.17, 15) is 14.3 Å². The van der Waals surface area contributed by atoms with Gasteiger partial charge in [-0.25, -0.2) is 9.07 Å². The van der Waals surface area contributed by atoms with Gasteiger partial charge >= 0.3 is 0 Å². The third kappa shape index (κ3) is 5.21. The molecule has 35 heavy (non-hydrogen) atoms. The molecular weight excluding hydrogens is 447 g/mol. The van der Waals surface area contributed by atoms with Crippen molar-refractivity contribution >= 4 is 11.6 Å². The first-order valence-electron chi connectivity index (χ1n) is 12.2. The Hall–Kier alpha value is -3.30. The van der Waals surface area contributed by atoms with E-state index in [1.807, 2.05) is 12.3 Å². The van der Waals surface area contributed by atoms with Crippen LogP contribution in [0.3, 0.4) is 0 Å². The van der Waals surface area contributed by atoms with Crippen LogP contribution >= 0.6 is 0 Å². The number of carbonyl (C=O) groups is 1. The highest BCUT2D eigenvalue weighted by Gasteiger charge is 2.27. The molecule has 3 aromatic rings. The number of aromatic nitrogens is 3. The lowest BCUT2D eigenvalue weighted by molar-refractivity contribution is 0.0627. The van der Waals surface area contributed by atoms with Gasteiger partial charge in [0.05, 0.1) is 35.3 Å². The van der Waals surface area contributed by atoms with Crippen molar-refractivity contribution in [2.75, 3.05) is 25.0 Å². The third-order valence-electron chi connectivity index (χ3n) is 6.81. The van der Waals surface area contributed by atoms with Crippen LogP contribution in [0.25, 0.3) is 16.8 Å². The highest BCUT2D eigenvalue weighted by molar-refractivity contribution is 5.95. The van der Waals surface area contributed by atoms with E-state index in [4.69, 9.17) is 0 Å². The normalized spacial score (nSPS) is 20.6. The van der Waals surface area contributed by atoms with Gasteiger partial charge in [0.1, 0.15) is 5.82 Å². The largest absolute Gasteiger partial charge is 0.390 e. The van der Waals surface area contributed by atoms with Crippen molar-refractivity contribution in [1.29, 1.82) is 0 Å². The number of halogens is 1. The highest BCUT2D eigenvalue weighted by Crippen LogP contribution is 2.26. The monoisotopic (exact) mass is 478 g/mol. The summed E-state index contributed by atoms with van der Waals surface area (Å²) in [4.78, 5) is 19.1. The first-order chi connectivity index (χ1) is 16.9. The first kappa shape index (κ1) is 23.4. The molecule has 1 aliphatic carbocycles. The Labute approximate surface area is 204 Å². The fourth-order valence-corrected chi connectivity index (χ4v) is 4.52. The lowest BCUT2D eigenvalue weighted by atomic mass is 10.0. The van der Waals surface area contributed by atoms with Gasteiger partial charge in [-0.1, -0.05) is 6.92 Å². The van der Waals surface area contributed by atoms with Gasteiger partial charge in [0.15, 0.2) is 0 Å². The number of nitrogens with one attached hydrogen (secondary N) is 2. The molecule has 2 atom stereocenters. The van der Waals surface area contributed by atoms with Crippen LogP contribution in [0.5, 0.6) is 0 Å². The molecule has 2 aromatic heterocycles. The molecule has 1 saturated carbocycles. The summed E-state index contributed by atoms with van der Waals surface area (Å²) >= 11 is 0. The molecule has 1 amide bonds. The van der Waals surface area contributed by atoms with E-state index < -0.39 is 17.8 Å². The molecule has 1 saturated heterocycles. The van der Waals surface area contributed by atoms with Gasteiger partial charge in [-0.2, -0.15) is 5.10 Å². The first-order valence-corrected chi connectivity index (χ1v) is 12.2. The predicted octanol–water partition coefficient (Wildman–Crippen LogP) is 3.14. The zero-order valence-corrected chi connectivity index (χ0v) is 20.0. The number of β-amino-alcohol motifs (C(OH)–C–C–N with tert-alkyl or cyclic N) is 1. The van der Waals surface area contributed by atoms with Gasteiger partial charge in [-0.15, -0.1) is 0 Å². The maximum absolute atomic E-state index is 14.5. The lowest BCUT2D eigenvalue weighted by Gasteiger charge is -2.36. The van der Waals surface area contributed by atoms with Crippen LogP contribution in [0.15, 0.2) is 43.0 Å². The average Bonchev–Trinajstić information content (AvgIpc) is 3.52. The van der Waals surface area contributed by atoms with Gasteiger partial charge in [0, 0.05) is 48.8 Å². The van der Waals surface area contributed by atoms with Crippen LogP contribution in [-0.2, 0) is 0 Å². The number of carbonyl (C=O) groups excluding carboxylic acids is 1. The minimum Gasteiger partial charge on any atom is -0.390 e. The number of hydrogen-bond donors (Lipinski definition) is 3. The summed E-state index contributed by atoms with van der Waals surface area (Å²) in [7, 11) is 0. The average molecular weight is 479 g/mol. The Balaban J connectivity index is 1.35. The Kier molecular flexibility index (Phi) is 6.53. The summed E-state index contributed by atoms with van der Waals surface area (Å²) in [6.07, 6.45) is 9.37. The number of pyridine rings is 1. The van der Waals surface area contributed by atoms with Crippen LogP contribution in [-0.4, -0.2) is 68.5 Å². The van der Waals surface area contributed by atoms with Gasteiger partial charge < -0.3 is 20.6 Å². The number of piperidine rings is 1. The topological polar surface area (TPSA) is 95.3 Å². The molecule has 0 radical (unpaired) electrons. The number of amides is 1. The van der Waals surface area contributed by atoms with Gasteiger partial charge in [-0.05, 0) is 56.5 Å². The van der Waals surface area contributed by atoms with Gasteiger partial charge in [0.25, 0.3) is 5.91 Å². The minimum atomic E-state index is -0.535. The molecule has 1 aliphatic heterocycles. The summed E-state index contributed by atoms with van der Waals surface area (Å²) < 4.78 is 16.2. The molecule has 3 N–H and O–H groups in total. The number of anilines is 1. The molecule has 184 valence electrons. The number of likely N-dealkylation sites (tertiary alicyclic amines) is 1. The van der Waals surface area contributed by atoms with Gasteiger partial charge in [0.2, 0.25) is 0 Å². The maximum atomic E-state index is 14.5. The molecular formula is C26H31FN6O2. The molecule has 3 heterocycles. The Morgan fingerprint density at radius 2 is 2.00 bits per heavy atom. The highest BCUT2D eigenvalue weighted by atomic mass is 19.1. The smallest absolute Gasteiger partial charge is 0.254 e. The number of hydrogen-bond acceptors (Lipinski definition) is 6. The summed E-state index contributed by atoms with van der Waals surface area (Å²) in [5.41, 5.74) is 3.90. The molecule has 0 spiro atoms. The molecule has 2 fully saturated rings. The van der Waals surface area contributed by atoms with Crippen molar-refractivity contribution in [3.8, 4) is 16.8 Å². The maximum Gasteiger partial charge on any atom is 0.254 e. The summed E-state index contributed by atoms with van der Waals surface area (Å²) in [5, 5.41) is 21.3. The van der Waals surface area contributed by atoms with Crippen molar-refractivity contribution in [3.05, 3.63) is 59.9 Å². The van der Waals surface area contributed by atoms with Crippen molar-refractivity contribution in [2.24, 2.45) is 0 Å². The van der Waals surface area contributed by atoms with E-state index in [0.717, 1.165) is 49.2 Å². The van der Waals surface area contributed by atoms with Crippen molar-refractivity contribution in [1.82, 2.24) is 25.0 Å². The molecule has 2 unspecified atom stereocenters. The van der Waals surface area contributed by atoms with E-state index in [2.05, 4.69) is 32.5 Å². The molecule has 5 rings (SSSR count). The second-order valence-electron chi connectivity index (χ2n) is 9.50. The standard InChI is InChI=1S/C26H31FN6O2/c1-3-32-7-6-23(25(34)15-32)30-20-9-17(11-28-13-20)18-12-29-33(14-18)24-10-21(22(27)8-16(24)2)26(35)31-19-4-5-19/h8-14,19,23,25,30,34H,3-7,15H2,1-2H3,(H,31,35). The Bertz CT molecular complexity index is 1220. The zero-order valence-electron chi connectivity index (χ0n) is 20.0. The number of likely N-dealkylation sites (N-methyl/N-ethyl adjacent to an activating group) is 1. The Morgan fingerprint density at radius 1 is 1.17 bits per heavy atom. The van der Waals surface area contributed by atoms with E-state index in [-0.39, 0.29) is 17.6 Å². The number of rotatable bonds is 7. The van der Waals surface area contributed by atoms with Gasteiger partial charge in [-0.3, -0.25) is 9.78 Å². The zero-order chi connectivity index (χ0) is 24.5. The minimum absolute atomic E-state index is 0.0232. The summed E-state index contributed by atoms with van der Waals surface area (Å²) in [6, 6.07) is 5.04. The molecule has 8 nitrogen and oxygen atoms in total. The number of benzene rings is 1. The molecule has 1 aromatic carbocycles. The lowest BCUT2D eigenvalue weighted by Crippen LogP contribution is -2.49. The van der Waals surface area contributed by atoms with Crippen LogP contribution in [0.1, 0.15) is 42.1 Å². The second-order valence-corrected chi connectivity index (χ2v) is 9.50. The van der Waals surface area contributed by atoms with Crippen LogP contribution in [0.4, 0.5) is 10.1 Å². The van der Waals surface area contributed by atoms with Crippen LogP contribution in [0.2, 0.25) is 0 Å².